The summed E-state index contributed by atoms with van der Waals surface area (Å²) in [6.07, 6.45) is 5.09. The molecule has 0 aliphatic carbocycles. The van der Waals surface area contributed by atoms with Crippen LogP contribution in [0.2, 0.25) is 0 Å². The molecule has 2 N–H and O–H groups in total. The van der Waals surface area contributed by atoms with Crippen molar-refractivity contribution in [3.05, 3.63) is 57.8 Å². The van der Waals surface area contributed by atoms with Crippen molar-refractivity contribution in [2.75, 3.05) is 18.4 Å². The molecule has 1 saturated heterocycles. The van der Waals surface area contributed by atoms with Crippen LogP contribution in [-0.2, 0) is 17.8 Å². The van der Waals surface area contributed by atoms with Gasteiger partial charge >= 0.3 is 0 Å². The number of anilines is 1. The minimum Gasteiger partial charge on any atom is -0.325 e. The van der Waals surface area contributed by atoms with E-state index in [0.29, 0.717) is 11.5 Å². The SMILES string of the molecule is Cc1cc(=O)n2[nH]c(CC(=O)Nc3ccccc3CN3CCCCCC3)nc2n1. The highest BCUT2D eigenvalue weighted by atomic mass is 16.1. The second-order valence-electron chi connectivity index (χ2n) is 7.61. The fraction of sp³-hybridized carbons (Fsp3) is 0.429. The summed E-state index contributed by atoms with van der Waals surface area (Å²) in [5.41, 5.74) is 2.29. The van der Waals surface area contributed by atoms with E-state index in [1.165, 1.54) is 36.3 Å². The van der Waals surface area contributed by atoms with Gasteiger partial charge in [-0.15, -0.1) is 0 Å². The third-order valence-corrected chi connectivity index (χ3v) is 5.22. The third kappa shape index (κ3) is 4.71. The number of aromatic amines is 1. The van der Waals surface area contributed by atoms with Gasteiger partial charge in [0.1, 0.15) is 5.82 Å². The largest absolute Gasteiger partial charge is 0.325 e. The lowest BCUT2D eigenvalue weighted by Crippen LogP contribution is -2.25. The Labute approximate surface area is 169 Å². The molecule has 0 unspecified atom stereocenters. The Hall–Kier alpha value is -3.00. The van der Waals surface area contributed by atoms with Gasteiger partial charge in [-0.25, -0.2) is 4.98 Å². The van der Waals surface area contributed by atoms with Crippen LogP contribution in [-0.4, -0.2) is 43.5 Å². The van der Waals surface area contributed by atoms with Crippen molar-refractivity contribution in [2.24, 2.45) is 0 Å². The second-order valence-corrected chi connectivity index (χ2v) is 7.61. The molecule has 1 aliphatic rings. The number of nitrogens with one attached hydrogen (secondary N) is 2. The van der Waals surface area contributed by atoms with E-state index in [1.807, 2.05) is 18.2 Å². The number of aromatic nitrogens is 4. The van der Waals surface area contributed by atoms with Crippen LogP contribution in [0.4, 0.5) is 5.69 Å². The van der Waals surface area contributed by atoms with E-state index in [1.54, 1.807) is 6.92 Å². The van der Waals surface area contributed by atoms with Gasteiger partial charge in [0.15, 0.2) is 0 Å². The van der Waals surface area contributed by atoms with E-state index < -0.39 is 0 Å². The number of aryl methyl sites for hydroxylation is 1. The zero-order valence-corrected chi connectivity index (χ0v) is 16.6. The first kappa shape index (κ1) is 19.3. The van der Waals surface area contributed by atoms with Crippen LogP contribution in [0, 0.1) is 6.92 Å². The molecule has 1 aliphatic heterocycles. The summed E-state index contributed by atoms with van der Waals surface area (Å²) in [4.78, 5) is 35.6. The highest BCUT2D eigenvalue weighted by Crippen LogP contribution is 2.20. The smallest absolute Gasteiger partial charge is 0.274 e. The number of nitrogens with zero attached hydrogens (tertiary/aromatic N) is 4. The van der Waals surface area contributed by atoms with Gasteiger partial charge in [-0.2, -0.15) is 9.50 Å². The highest BCUT2D eigenvalue weighted by Gasteiger charge is 2.15. The van der Waals surface area contributed by atoms with Crippen LogP contribution >= 0.6 is 0 Å². The topological polar surface area (TPSA) is 95.4 Å². The molecular formula is C21H26N6O2. The normalized spacial score (nSPS) is 15.3. The van der Waals surface area contributed by atoms with Gasteiger partial charge in [-0.1, -0.05) is 31.0 Å². The Morgan fingerprint density at radius 3 is 2.69 bits per heavy atom. The number of rotatable bonds is 5. The van der Waals surface area contributed by atoms with Crippen LogP contribution in [0.3, 0.4) is 0 Å². The average molecular weight is 394 g/mol. The number of hydrogen-bond donors (Lipinski definition) is 2. The summed E-state index contributed by atoms with van der Waals surface area (Å²) in [7, 11) is 0. The molecule has 1 amide bonds. The summed E-state index contributed by atoms with van der Waals surface area (Å²) >= 11 is 0. The molecule has 0 atom stereocenters. The summed E-state index contributed by atoms with van der Waals surface area (Å²) in [5, 5.41) is 5.86. The van der Waals surface area contributed by atoms with E-state index in [0.717, 1.165) is 30.9 Å². The quantitative estimate of drug-likeness (QED) is 0.692. The maximum atomic E-state index is 12.6. The Bertz CT molecular complexity index is 1060. The molecule has 8 heteroatoms. The lowest BCUT2D eigenvalue weighted by Gasteiger charge is -2.21. The number of amides is 1. The molecule has 4 rings (SSSR count). The minimum atomic E-state index is -0.241. The van der Waals surface area contributed by atoms with Crippen molar-refractivity contribution in [3.63, 3.8) is 0 Å². The molecular weight excluding hydrogens is 368 g/mol. The number of para-hydroxylation sites is 1. The number of carbonyl (C=O) groups is 1. The number of fused-ring (bicyclic) bond motifs is 1. The summed E-state index contributed by atoms with van der Waals surface area (Å²) in [6, 6.07) is 9.35. The number of benzene rings is 1. The first-order chi connectivity index (χ1) is 14.1. The van der Waals surface area contributed by atoms with Gasteiger partial charge in [0, 0.05) is 24.0 Å². The van der Waals surface area contributed by atoms with E-state index in [-0.39, 0.29) is 23.7 Å². The van der Waals surface area contributed by atoms with Crippen molar-refractivity contribution >= 4 is 17.4 Å². The molecule has 3 heterocycles. The van der Waals surface area contributed by atoms with Crippen LogP contribution in [0.15, 0.2) is 35.1 Å². The Morgan fingerprint density at radius 1 is 1.14 bits per heavy atom. The fourth-order valence-corrected chi connectivity index (χ4v) is 3.78. The lowest BCUT2D eigenvalue weighted by molar-refractivity contribution is -0.115. The van der Waals surface area contributed by atoms with Crippen LogP contribution < -0.4 is 10.9 Å². The van der Waals surface area contributed by atoms with Gasteiger partial charge in [0.2, 0.25) is 5.91 Å². The summed E-state index contributed by atoms with van der Waals surface area (Å²) in [5.74, 6) is 0.499. The second kappa shape index (κ2) is 8.57. The van der Waals surface area contributed by atoms with E-state index in [4.69, 9.17) is 0 Å². The summed E-state index contributed by atoms with van der Waals surface area (Å²) < 4.78 is 1.25. The van der Waals surface area contributed by atoms with Crippen molar-refractivity contribution in [1.29, 1.82) is 0 Å². The standard InChI is InChI=1S/C21H26N6O2/c1-15-12-20(29)27-21(22-15)24-18(25-27)13-19(28)23-17-9-5-4-8-16(17)14-26-10-6-2-3-7-11-26/h4-5,8-9,12H,2-3,6-7,10-11,13-14H2,1H3,(H,23,28)(H,22,24,25). The maximum absolute atomic E-state index is 12.6. The molecule has 0 radical (unpaired) electrons. The lowest BCUT2D eigenvalue weighted by atomic mass is 10.1. The molecule has 0 spiro atoms. The van der Waals surface area contributed by atoms with Crippen molar-refractivity contribution in [1.82, 2.24) is 24.5 Å². The monoisotopic (exact) mass is 394 g/mol. The van der Waals surface area contributed by atoms with Crippen molar-refractivity contribution in [2.45, 2.75) is 45.6 Å². The molecule has 0 bridgehead atoms. The fourth-order valence-electron chi connectivity index (χ4n) is 3.78. The Balaban J connectivity index is 1.46. The van der Waals surface area contributed by atoms with Crippen LogP contribution in [0.5, 0.6) is 0 Å². The first-order valence-corrected chi connectivity index (χ1v) is 10.1. The molecule has 29 heavy (non-hydrogen) atoms. The number of H-pyrrole nitrogens is 1. The summed E-state index contributed by atoms with van der Waals surface area (Å²) in [6.45, 7) is 4.77. The van der Waals surface area contributed by atoms with Gasteiger partial charge in [0.05, 0.1) is 6.42 Å². The van der Waals surface area contributed by atoms with Gasteiger partial charge in [-0.3, -0.25) is 19.6 Å². The Kier molecular flexibility index (Phi) is 5.71. The number of carbonyl (C=O) groups excluding carboxylic acids is 1. The van der Waals surface area contributed by atoms with Crippen molar-refractivity contribution in [3.8, 4) is 0 Å². The predicted molar refractivity (Wildman–Crippen MR) is 111 cm³/mol. The average Bonchev–Trinajstić information content (AvgIpc) is 2.90. The third-order valence-electron chi connectivity index (χ3n) is 5.22. The highest BCUT2D eigenvalue weighted by molar-refractivity contribution is 5.92. The van der Waals surface area contributed by atoms with E-state index in [9.17, 15) is 9.59 Å². The van der Waals surface area contributed by atoms with Crippen LogP contribution in [0.1, 0.15) is 42.8 Å². The molecule has 3 aromatic rings. The predicted octanol–water partition coefficient (Wildman–Crippen LogP) is 2.28. The maximum Gasteiger partial charge on any atom is 0.274 e. The Morgan fingerprint density at radius 2 is 1.90 bits per heavy atom. The molecule has 2 aromatic heterocycles. The first-order valence-electron chi connectivity index (χ1n) is 10.1. The minimum absolute atomic E-state index is 0.0416. The van der Waals surface area contributed by atoms with Crippen molar-refractivity contribution < 1.29 is 4.79 Å². The molecule has 152 valence electrons. The molecule has 1 aromatic carbocycles. The number of likely N-dealkylation sites (tertiary alicyclic amines) is 1. The number of hydrogen-bond acceptors (Lipinski definition) is 5. The zero-order chi connectivity index (χ0) is 20.2. The molecule has 8 nitrogen and oxygen atoms in total. The van der Waals surface area contributed by atoms with Gasteiger partial charge in [0.25, 0.3) is 11.3 Å². The molecule has 0 saturated carbocycles. The van der Waals surface area contributed by atoms with Crippen LogP contribution in [0.25, 0.3) is 5.78 Å². The van der Waals surface area contributed by atoms with Gasteiger partial charge in [-0.05, 0) is 44.5 Å². The van der Waals surface area contributed by atoms with Gasteiger partial charge < -0.3 is 5.32 Å². The zero-order valence-electron chi connectivity index (χ0n) is 16.6. The molecule has 1 fully saturated rings. The van der Waals surface area contributed by atoms with E-state index >= 15 is 0 Å². The van der Waals surface area contributed by atoms with E-state index in [2.05, 4.69) is 31.3 Å².